The van der Waals surface area contributed by atoms with E-state index in [1.807, 2.05) is 59.0 Å². The largest absolute Gasteiger partial charge is 0.340 e. The zero-order valence-electron chi connectivity index (χ0n) is 21.5. The molecule has 6 rings (SSSR count). The lowest BCUT2D eigenvalue weighted by atomic mass is 10.0. The SMILES string of the molecule is CN(C)CC=CC(=O)N1CCc2c(sc3ncnc(Nc4ccc5c(cnn5Cc5ccccc5)c4)c23)C1. The van der Waals surface area contributed by atoms with Crippen LogP contribution < -0.4 is 5.32 Å². The van der Waals surface area contributed by atoms with E-state index in [1.54, 1.807) is 23.7 Å². The molecule has 8 nitrogen and oxygen atoms in total. The quantitative estimate of drug-likeness (QED) is 0.308. The van der Waals surface area contributed by atoms with Crippen molar-refractivity contribution in [1.29, 1.82) is 0 Å². The first kappa shape index (κ1) is 24.3. The molecule has 3 aromatic heterocycles. The molecule has 192 valence electrons. The summed E-state index contributed by atoms with van der Waals surface area (Å²) < 4.78 is 2.02. The first-order valence-corrected chi connectivity index (χ1v) is 13.5. The number of anilines is 2. The average molecular weight is 524 g/mol. The van der Waals surface area contributed by atoms with E-state index in [2.05, 4.69) is 50.7 Å². The number of nitrogens with zero attached hydrogens (tertiary/aromatic N) is 6. The molecule has 1 aliphatic rings. The fourth-order valence-electron chi connectivity index (χ4n) is 4.86. The van der Waals surface area contributed by atoms with E-state index in [0.29, 0.717) is 13.1 Å². The van der Waals surface area contributed by atoms with Crippen LogP contribution in [0.5, 0.6) is 0 Å². The molecule has 0 atom stereocenters. The van der Waals surface area contributed by atoms with Gasteiger partial charge in [0.2, 0.25) is 5.91 Å². The lowest BCUT2D eigenvalue weighted by Gasteiger charge is -2.26. The number of amides is 1. The van der Waals surface area contributed by atoms with E-state index in [0.717, 1.165) is 52.1 Å². The second-order valence-electron chi connectivity index (χ2n) is 9.77. The van der Waals surface area contributed by atoms with Gasteiger partial charge in [-0.3, -0.25) is 9.48 Å². The maximum absolute atomic E-state index is 12.7. The van der Waals surface area contributed by atoms with Crippen LogP contribution in [-0.4, -0.2) is 62.6 Å². The summed E-state index contributed by atoms with van der Waals surface area (Å²) in [6, 6.07) is 16.6. The minimum atomic E-state index is 0.0560. The number of carbonyl (C=O) groups is 1. The molecule has 0 saturated heterocycles. The van der Waals surface area contributed by atoms with Gasteiger partial charge in [0.15, 0.2) is 0 Å². The summed E-state index contributed by atoms with van der Waals surface area (Å²) in [4.78, 5) is 27.9. The fourth-order valence-corrected chi connectivity index (χ4v) is 6.07. The molecule has 1 amide bonds. The maximum atomic E-state index is 12.7. The number of rotatable bonds is 7. The average Bonchev–Trinajstić information content (AvgIpc) is 3.50. The standard InChI is InChI=1S/C29H29N7OS/c1-34(2)13-6-9-26(37)35-14-12-23-25(18-35)38-29-27(23)28(30-19-31-29)33-22-10-11-24-21(15-22)16-32-36(24)17-20-7-4-3-5-8-20/h3-11,15-16,19H,12-14,17-18H2,1-2H3,(H,30,31,33). The monoisotopic (exact) mass is 523 g/mol. The molecule has 0 radical (unpaired) electrons. The summed E-state index contributed by atoms with van der Waals surface area (Å²) in [5, 5.41) is 10.3. The van der Waals surface area contributed by atoms with Crippen LogP contribution in [0.1, 0.15) is 16.0 Å². The summed E-state index contributed by atoms with van der Waals surface area (Å²) in [6.45, 7) is 2.77. The zero-order chi connectivity index (χ0) is 26.1. The summed E-state index contributed by atoms with van der Waals surface area (Å²) in [7, 11) is 3.98. The highest BCUT2D eigenvalue weighted by atomic mass is 32.1. The number of fused-ring (bicyclic) bond motifs is 4. The number of nitrogens with one attached hydrogen (secondary N) is 1. The minimum absolute atomic E-state index is 0.0560. The molecule has 1 N–H and O–H groups in total. The van der Waals surface area contributed by atoms with Gasteiger partial charge < -0.3 is 15.1 Å². The van der Waals surface area contributed by atoms with Gasteiger partial charge in [-0.05, 0) is 49.8 Å². The normalized spacial score (nSPS) is 13.6. The van der Waals surface area contributed by atoms with Crippen molar-refractivity contribution in [2.24, 2.45) is 0 Å². The number of thiophene rings is 1. The number of aromatic nitrogens is 4. The third kappa shape index (κ3) is 4.90. The number of likely N-dealkylation sites (N-methyl/N-ethyl adjacent to an activating group) is 1. The molecule has 2 aromatic carbocycles. The molecule has 38 heavy (non-hydrogen) atoms. The topological polar surface area (TPSA) is 79.2 Å². The van der Waals surface area contributed by atoms with Crippen molar-refractivity contribution in [3.63, 3.8) is 0 Å². The summed E-state index contributed by atoms with van der Waals surface area (Å²) in [5.41, 5.74) is 4.50. The number of carbonyl (C=O) groups excluding carboxylic acids is 1. The summed E-state index contributed by atoms with van der Waals surface area (Å²) in [6.07, 6.45) is 7.90. The molecule has 0 saturated carbocycles. The molecule has 0 fully saturated rings. The summed E-state index contributed by atoms with van der Waals surface area (Å²) >= 11 is 1.65. The number of benzene rings is 2. The Kier molecular flexibility index (Phi) is 6.61. The number of hydrogen-bond acceptors (Lipinski definition) is 7. The van der Waals surface area contributed by atoms with Crippen LogP contribution in [0.2, 0.25) is 0 Å². The van der Waals surface area contributed by atoms with Crippen molar-refractivity contribution < 1.29 is 4.79 Å². The van der Waals surface area contributed by atoms with Crippen LogP contribution in [0.4, 0.5) is 11.5 Å². The van der Waals surface area contributed by atoms with E-state index in [9.17, 15) is 4.79 Å². The van der Waals surface area contributed by atoms with Crippen LogP contribution in [-0.2, 0) is 24.3 Å². The van der Waals surface area contributed by atoms with Crippen molar-refractivity contribution in [2.45, 2.75) is 19.5 Å². The fraction of sp³-hybridized carbons (Fsp3) is 0.241. The first-order chi connectivity index (χ1) is 18.5. The molecule has 0 spiro atoms. The molecule has 4 heterocycles. The van der Waals surface area contributed by atoms with Gasteiger partial charge in [0, 0.05) is 35.1 Å². The van der Waals surface area contributed by atoms with E-state index in [4.69, 9.17) is 0 Å². The molecule has 0 bridgehead atoms. The van der Waals surface area contributed by atoms with Gasteiger partial charge in [-0.1, -0.05) is 36.4 Å². The van der Waals surface area contributed by atoms with Crippen molar-refractivity contribution in [3.05, 3.63) is 89.2 Å². The molecule has 0 unspecified atom stereocenters. The Morgan fingerprint density at radius 3 is 2.87 bits per heavy atom. The predicted octanol–water partition coefficient (Wildman–Crippen LogP) is 4.84. The van der Waals surface area contributed by atoms with Crippen LogP contribution in [0.15, 0.2) is 73.2 Å². The second-order valence-corrected chi connectivity index (χ2v) is 10.9. The molecule has 1 aliphatic heterocycles. The van der Waals surface area contributed by atoms with Gasteiger partial charge in [0.1, 0.15) is 17.0 Å². The van der Waals surface area contributed by atoms with E-state index >= 15 is 0 Å². The van der Waals surface area contributed by atoms with Crippen LogP contribution >= 0.6 is 11.3 Å². The van der Waals surface area contributed by atoms with Gasteiger partial charge in [0.05, 0.1) is 30.2 Å². The summed E-state index contributed by atoms with van der Waals surface area (Å²) in [5.74, 6) is 0.856. The Balaban J connectivity index is 1.23. The van der Waals surface area contributed by atoms with Crippen LogP contribution in [0.3, 0.4) is 0 Å². The third-order valence-electron chi connectivity index (χ3n) is 6.76. The second kappa shape index (κ2) is 10.4. The minimum Gasteiger partial charge on any atom is -0.340 e. The Morgan fingerprint density at radius 2 is 2.03 bits per heavy atom. The lowest BCUT2D eigenvalue weighted by Crippen LogP contribution is -2.34. The predicted molar refractivity (Wildman–Crippen MR) is 153 cm³/mol. The van der Waals surface area contributed by atoms with Gasteiger partial charge in [-0.15, -0.1) is 11.3 Å². The molecule has 5 aromatic rings. The van der Waals surface area contributed by atoms with Crippen molar-refractivity contribution in [1.82, 2.24) is 29.5 Å². The molecule has 9 heteroatoms. The van der Waals surface area contributed by atoms with E-state index in [-0.39, 0.29) is 5.91 Å². The van der Waals surface area contributed by atoms with Gasteiger partial charge in [0.25, 0.3) is 0 Å². The smallest absolute Gasteiger partial charge is 0.246 e. The van der Waals surface area contributed by atoms with E-state index in [1.165, 1.54) is 16.0 Å². The molecular formula is C29H29N7OS. The Morgan fingerprint density at radius 1 is 1.16 bits per heavy atom. The Bertz CT molecular complexity index is 1640. The van der Waals surface area contributed by atoms with E-state index < -0.39 is 0 Å². The highest BCUT2D eigenvalue weighted by Crippen LogP contribution is 2.38. The van der Waals surface area contributed by atoms with Gasteiger partial charge in [-0.2, -0.15) is 5.10 Å². The molecular weight excluding hydrogens is 494 g/mol. The van der Waals surface area contributed by atoms with Crippen molar-refractivity contribution >= 4 is 49.9 Å². The highest BCUT2D eigenvalue weighted by Gasteiger charge is 2.25. The number of hydrogen-bond donors (Lipinski definition) is 1. The van der Waals surface area contributed by atoms with Crippen LogP contribution in [0.25, 0.3) is 21.1 Å². The van der Waals surface area contributed by atoms with Crippen molar-refractivity contribution in [2.75, 3.05) is 32.5 Å². The Labute approximate surface area is 225 Å². The Hall–Kier alpha value is -4.08. The van der Waals surface area contributed by atoms with Gasteiger partial charge in [-0.25, -0.2) is 9.97 Å². The van der Waals surface area contributed by atoms with Gasteiger partial charge >= 0.3 is 0 Å². The zero-order valence-corrected chi connectivity index (χ0v) is 22.3. The molecule has 0 aliphatic carbocycles. The first-order valence-electron chi connectivity index (χ1n) is 12.7. The lowest BCUT2D eigenvalue weighted by molar-refractivity contribution is -0.126. The maximum Gasteiger partial charge on any atom is 0.246 e. The van der Waals surface area contributed by atoms with Crippen LogP contribution in [0, 0.1) is 0 Å². The van der Waals surface area contributed by atoms with Crippen molar-refractivity contribution in [3.8, 4) is 0 Å². The third-order valence-corrected chi connectivity index (χ3v) is 7.88. The highest BCUT2D eigenvalue weighted by molar-refractivity contribution is 7.19.